The van der Waals surface area contributed by atoms with Crippen LogP contribution < -0.4 is 5.73 Å². The summed E-state index contributed by atoms with van der Waals surface area (Å²) in [5.41, 5.74) is 5.95. The van der Waals surface area contributed by atoms with Crippen molar-refractivity contribution in [1.29, 1.82) is 0 Å². The van der Waals surface area contributed by atoms with Crippen LogP contribution >= 0.6 is 0 Å². The highest BCUT2D eigenvalue weighted by Gasteiger charge is 2.03. The summed E-state index contributed by atoms with van der Waals surface area (Å²) >= 11 is 0. The maximum absolute atomic E-state index is 8.78. The second-order valence-electron chi connectivity index (χ2n) is 3.12. The molecule has 0 fully saturated rings. The Kier molecular flexibility index (Phi) is 6.49. The fourth-order valence-electron chi connectivity index (χ4n) is 0.940. The molecule has 0 aliphatic carbocycles. The molecule has 0 aliphatic heterocycles. The minimum atomic E-state index is -1.33. The monoisotopic (exact) mass is 254 g/mol. The number of nitrogens with two attached hydrogens (primary N) is 1. The topological polar surface area (TPSA) is 141 Å². The Morgan fingerprint density at radius 1 is 1.17 bits per heavy atom. The summed E-state index contributed by atoms with van der Waals surface area (Å²) in [6, 6.07) is 5.17. The Morgan fingerprint density at radius 2 is 1.50 bits per heavy atom. The van der Waals surface area contributed by atoms with E-state index >= 15 is 0 Å². The predicted molar refractivity (Wildman–Crippen MR) is 64.4 cm³/mol. The zero-order valence-corrected chi connectivity index (χ0v) is 9.90. The van der Waals surface area contributed by atoms with Crippen molar-refractivity contribution < 1.29 is 20.3 Å². The zero-order chi connectivity index (χ0) is 14.1. The number of aromatic nitrogens is 1. The first kappa shape index (κ1) is 15.4. The number of nitrogens with zero attached hydrogens (tertiary/aromatic N) is 3. The lowest BCUT2D eigenvalue weighted by molar-refractivity contribution is 0.205. The van der Waals surface area contributed by atoms with E-state index in [4.69, 9.17) is 20.3 Å². The molecule has 0 saturated heterocycles. The number of amides is 1. The predicted octanol–water partition coefficient (Wildman–Crippen LogP) is 1.10. The first-order valence-electron chi connectivity index (χ1n) is 4.75. The Hall–Kier alpha value is -2.64. The maximum Gasteiger partial charge on any atom is 0.402 e. The van der Waals surface area contributed by atoms with Crippen LogP contribution in [0.3, 0.4) is 0 Å². The van der Waals surface area contributed by atoms with Crippen LogP contribution in [-0.2, 0) is 0 Å². The molecule has 0 atom stereocenters. The van der Waals surface area contributed by atoms with Crippen molar-refractivity contribution in [2.45, 2.75) is 13.8 Å². The molecule has 1 rings (SSSR count). The molecule has 5 N–H and O–H groups in total. The van der Waals surface area contributed by atoms with E-state index in [1.807, 2.05) is 0 Å². The lowest BCUT2D eigenvalue weighted by Crippen LogP contribution is -2.04. The van der Waals surface area contributed by atoms with Gasteiger partial charge in [-0.1, -0.05) is 16.4 Å². The molecule has 0 saturated carbocycles. The van der Waals surface area contributed by atoms with Crippen LogP contribution in [0.2, 0.25) is 0 Å². The molecule has 0 bridgehead atoms. The molecule has 0 unspecified atom stereocenters. The average molecular weight is 254 g/mol. The largest absolute Gasteiger partial charge is 0.465 e. The number of rotatable bonds is 2. The van der Waals surface area contributed by atoms with Gasteiger partial charge in [0.15, 0.2) is 0 Å². The van der Waals surface area contributed by atoms with E-state index in [2.05, 4.69) is 21.0 Å². The van der Waals surface area contributed by atoms with Gasteiger partial charge in [0.2, 0.25) is 0 Å². The SMILES string of the molecule is CC(=NO)c1cccc(C(C)=NO)n1.NC(=O)O. The highest BCUT2D eigenvalue weighted by Crippen LogP contribution is 2.02. The Morgan fingerprint density at radius 3 is 1.78 bits per heavy atom. The molecule has 0 aromatic carbocycles. The maximum atomic E-state index is 8.78. The van der Waals surface area contributed by atoms with Gasteiger partial charge in [0.05, 0.1) is 11.4 Å². The summed E-state index contributed by atoms with van der Waals surface area (Å²) in [5, 5.41) is 30.4. The smallest absolute Gasteiger partial charge is 0.402 e. The fourth-order valence-corrected chi connectivity index (χ4v) is 0.940. The molecule has 18 heavy (non-hydrogen) atoms. The van der Waals surface area contributed by atoms with Gasteiger partial charge in [-0.2, -0.15) is 0 Å². The second-order valence-corrected chi connectivity index (χ2v) is 3.12. The third-order valence-electron chi connectivity index (χ3n) is 1.79. The lowest BCUT2D eigenvalue weighted by atomic mass is 10.2. The van der Waals surface area contributed by atoms with Crippen molar-refractivity contribution in [3.63, 3.8) is 0 Å². The van der Waals surface area contributed by atoms with Crippen molar-refractivity contribution >= 4 is 17.5 Å². The van der Waals surface area contributed by atoms with E-state index in [1.165, 1.54) is 0 Å². The zero-order valence-electron chi connectivity index (χ0n) is 9.90. The van der Waals surface area contributed by atoms with Crippen LogP contribution in [0.15, 0.2) is 28.5 Å². The van der Waals surface area contributed by atoms with Gasteiger partial charge in [-0.05, 0) is 26.0 Å². The minimum absolute atomic E-state index is 0.414. The fraction of sp³-hybridized carbons (Fsp3) is 0.200. The third-order valence-corrected chi connectivity index (χ3v) is 1.79. The van der Waals surface area contributed by atoms with Gasteiger partial charge in [-0.15, -0.1) is 0 Å². The average Bonchev–Trinajstić information content (AvgIpc) is 2.36. The number of oxime groups is 2. The Labute approximate surface area is 103 Å². The molecule has 1 aromatic heterocycles. The van der Waals surface area contributed by atoms with Crippen LogP contribution in [0.4, 0.5) is 4.79 Å². The molecule has 1 heterocycles. The Balaban J connectivity index is 0.000000631. The normalized spacial score (nSPS) is 11.4. The Bertz CT molecular complexity index is 433. The van der Waals surface area contributed by atoms with Gasteiger partial charge in [0.1, 0.15) is 11.4 Å². The van der Waals surface area contributed by atoms with Crippen molar-refractivity contribution in [2.75, 3.05) is 0 Å². The van der Waals surface area contributed by atoms with Gasteiger partial charge < -0.3 is 21.3 Å². The molecule has 0 spiro atoms. The van der Waals surface area contributed by atoms with E-state index in [1.54, 1.807) is 32.0 Å². The van der Waals surface area contributed by atoms with Gasteiger partial charge in [0, 0.05) is 0 Å². The van der Waals surface area contributed by atoms with Crippen molar-refractivity contribution in [3.8, 4) is 0 Å². The summed E-state index contributed by atoms with van der Waals surface area (Å²) in [7, 11) is 0. The summed E-state index contributed by atoms with van der Waals surface area (Å²) in [6.07, 6.45) is -1.33. The highest BCUT2D eigenvalue weighted by atomic mass is 16.4. The molecule has 0 aliphatic rings. The highest BCUT2D eigenvalue weighted by molar-refractivity contribution is 6.00. The van der Waals surface area contributed by atoms with E-state index < -0.39 is 6.09 Å². The molecular weight excluding hydrogens is 240 g/mol. The molecule has 1 amide bonds. The van der Waals surface area contributed by atoms with Crippen LogP contribution in [0.5, 0.6) is 0 Å². The van der Waals surface area contributed by atoms with Gasteiger partial charge >= 0.3 is 6.09 Å². The van der Waals surface area contributed by atoms with Crippen LogP contribution in [0, 0.1) is 0 Å². The van der Waals surface area contributed by atoms with Crippen molar-refractivity contribution in [2.24, 2.45) is 16.0 Å². The second kappa shape index (κ2) is 7.60. The summed E-state index contributed by atoms with van der Waals surface area (Å²) in [6.45, 7) is 3.27. The van der Waals surface area contributed by atoms with Crippen LogP contribution in [0.1, 0.15) is 25.2 Å². The number of primary amides is 1. The molecule has 8 heteroatoms. The first-order chi connectivity index (χ1) is 8.42. The third kappa shape index (κ3) is 5.45. The molecule has 98 valence electrons. The van der Waals surface area contributed by atoms with Crippen molar-refractivity contribution in [1.82, 2.24) is 4.98 Å². The van der Waals surface area contributed by atoms with Gasteiger partial charge in [-0.25, -0.2) is 9.78 Å². The van der Waals surface area contributed by atoms with Crippen molar-refractivity contribution in [3.05, 3.63) is 29.6 Å². The number of hydrogen-bond donors (Lipinski definition) is 4. The summed E-state index contributed by atoms with van der Waals surface area (Å²) in [4.78, 5) is 12.9. The lowest BCUT2D eigenvalue weighted by Gasteiger charge is -2.01. The van der Waals surface area contributed by atoms with E-state index in [9.17, 15) is 0 Å². The minimum Gasteiger partial charge on any atom is -0.465 e. The molecule has 1 aromatic rings. The molecule has 8 nitrogen and oxygen atoms in total. The van der Waals surface area contributed by atoms with Gasteiger partial charge in [0.25, 0.3) is 0 Å². The van der Waals surface area contributed by atoms with Crippen LogP contribution in [-0.4, -0.2) is 38.0 Å². The molecule has 0 radical (unpaired) electrons. The van der Waals surface area contributed by atoms with E-state index in [0.717, 1.165) is 0 Å². The standard InChI is InChI=1S/C9H11N3O2.CH3NO2/c1-6(11-13)8-4-3-5-9(10-8)7(2)12-14;2-1(3)4/h3-5,13-14H,1-2H3;2H2,(H,3,4). The first-order valence-corrected chi connectivity index (χ1v) is 4.75. The van der Waals surface area contributed by atoms with Crippen LogP contribution in [0.25, 0.3) is 0 Å². The molecular formula is C10H14N4O4. The van der Waals surface area contributed by atoms with E-state index in [-0.39, 0.29) is 0 Å². The quantitative estimate of drug-likeness (QED) is 0.355. The summed E-state index contributed by atoms with van der Waals surface area (Å²) < 4.78 is 0. The summed E-state index contributed by atoms with van der Waals surface area (Å²) in [5.74, 6) is 0. The number of carbonyl (C=O) groups is 1. The number of carboxylic acid groups (broad SMARTS) is 1. The number of pyridine rings is 1. The van der Waals surface area contributed by atoms with Gasteiger partial charge in [-0.3, -0.25) is 0 Å². The van der Waals surface area contributed by atoms with E-state index in [0.29, 0.717) is 22.8 Å². The number of hydrogen-bond acceptors (Lipinski definition) is 6.